The normalized spacial score (nSPS) is 10.6. The molecule has 0 aliphatic rings. The molecule has 2 aromatic heterocycles. The lowest BCUT2D eigenvalue weighted by Crippen LogP contribution is -2.40. The standard InChI is InChI=1S/C12H14N4O3/c1-9(17)10-7-16(12(19)14(2)11(10)18)6-5-15-4-3-13-8-15/h3-4,7-8H,5-6H2,1-2H3. The number of hydrogen-bond donors (Lipinski definition) is 0. The van der Waals surface area contributed by atoms with Crippen molar-refractivity contribution in [1.29, 1.82) is 0 Å². The smallest absolute Gasteiger partial charge is 0.330 e. The lowest BCUT2D eigenvalue weighted by molar-refractivity contribution is 0.101. The van der Waals surface area contributed by atoms with E-state index in [1.165, 1.54) is 24.7 Å². The molecule has 0 N–H and O–H groups in total. The van der Waals surface area contributed by atoms with Crippen molar-refractivity contribution in [3.63, 3.8) is 0 Å². The molecule has 7 heteroatoms. The Labute approximate surface area is 108 Å². The number of aromatic nitrogens is 4. The third kappa shape index (κ3) is 2.54. The fraction of sp³-hybridized carbons (Fsp3) is 0.333. The van der Waals surface area contributed by atoms with Crippen LogP contribution in [0.2, 0.25) is 0 Å². The van der Waals surface area contributed by atoms with E-state index in [-0.39, 0.29) is 11.3 Å². The van der Waals surface area contributed by atoms with E-state index in [2.05, 4.69) is 4.98 Å². The van der Waals surface area contributed by atoms with E-state index in [9.17, 15) is 14.4 Å². The summed E-state index contributed by atoms with van der Waals surface area (Å²) in [6, 6.07) is 0. The highest BCUT2D eigenvalue weighted by atomic mass is 16.2. The summed E-state index contributed by atoms with van der Waals surface area (Å²) in [4.78, 5) is 38.9. The number of hydrogen-bond acceptors (Lipinski definition) is 4. The Hall–Kier alpha value is -2.44. The minimum absolute atomic E-state index is 0.0210. The van der Waals surface area contributed by atoms with Gasteiger partial charge in [0.15, 0.2) is 5.78 Å². The number of carbonyl (C=O) groups excluding carboxylic acids is 1. The maximum atomic E-state index is 11.9. The van der Waals surface area contributed by atoms with E-state index >= 15 is 0 Å². The molecule has 100 valence electrons. The van der Waals surface area contributed by atoms with E-state index in [0.717, 1.165) is 4.57 Å². The van der Waals surface area contributed by atoms with Gasteiger partial charge in [-0.3, -0.25) is 18.7 Å². The van der Waals surface area contributed by atoms with Crippen LogP contribution in [0.25, 0.3) is 0 Å². The Morgan fingerprint density at radius 1 is 1.32 bits per heavy atom. The minimum atomic E-state index is -0.559. The summed E-state index contributed by atoms with van der Waals surface area (Å²) in [6.07, 6.45) is 6.38. The Kier molecular flexibility index (Phi) is 3.46. The second kappa shape index (κ2) is 5.05. The predicted molar refractivity (Wildman–Crippen MR) is 68.2 cm³/mol. The molecule has 0 spiro atoms. The first-order chi connectivity index (χ1) is 9.00. The number of carbonyl (C=O) groups is 1. The van der Waals surface area contributed by atoms with Gasteiger partial charge in [-0.05, 0) is 6.92 Å². The van der Waals surface area contributed by atoms with E-state index < -0.39 is 11.2 Å². The molecular weight excluding hydrogens is 248 g/mol. The van der Waals surface area contributed by atoms with E-state index in [4.69, 9.17) is 0 Å². The zero-order valence-corrected chi connectivity index (χ0v) is 10.7. The van der Waals surface area contributed by atoms with Crippen LogP contribution in [-0.2, 0) is 20.1 Å². The third-order valence-corrected chi connectivity index (χ3v) is 2.89. The Morgan fingerprint density at radius 2 is 2.05 bits per heavy atom. The Morgan fingerprint density at radius 3 is 2.63 bits per heavy atom. The fourth-order valence-corrected chi connectivity index (χ4v) is 1.77. The molecule has 0 fully saturated rings. The number of ketones is 1. The summed E-state index contributed by atoms with van der Waals surface area (Å²) >= 11 is 0. The molecule has 0 saturated heterocycles. The van der Waals surface area contributed by atoms with Gasteiger partial charge in [-0.2, -0.15) is 0 Å². The number of Topliss-reactive ketones (excluding diaryl/α,β-unsaturated/α-hetero) is 1. The van der Waals surface area contributed by atoms with Crippen molar-refractivity contribution in [2.45, 2.75) is 20.0 Å². The molecule has 0 radical (unpaired) electrons. The van der Waals surface area contributed by atoms with Crippen LogP contribution in [0, 0.1) is 0 Å². The van der Waals surface area contributed by atoms with Crippen LogP contribution < -0.4 is 11.2 Å². The van der Waals surface area contributed by atoms with Crippen LogP contribution in [0.4, 0.5) is 0 Å². The topological polar surface area (TPSA) is 78.9 Å². The molecule has 0 aliphatic heterocycles. The number of imidazole rings is 1. The van der Waals surface area contributed by atoms with Crippen molar-refractivity contribution < 1.29 is 4.79 Å². The third-order valence-electron chi connectivity index (χ3n) is 2.89. The quantitative estimate of drug-likeness (QED) is 0.705. The first-order valence-corrected chi connectivity index (χ1v) is 5.78. The SMILES string of the molecule is CC(=O)c1cn(CCn2ccnc2)c(=O)n(C)c1=O. The van der Waals surface area contributed by atoms with Crippen molar-refractivity contribution in [3.8, 4) is 0 Å². The summed E-state index contributed by atoms with van der Waals surface area (Å²) in [6.45, 7) is 2.21. The molecule has 7 nitrogen and oxygen atoms in total. The van der Waals surface area contributed by atoms with Crippen molar-refractivity contribution in [1.82, 2.24) is 18.7 Å². The molecule has 2 aromatic rings. The monoisotopic (exact) mass is 262 g/mol. The van der Waals surface area contributed by atoms with Crippen LogP contribution in [0.15, 0.2) is 34.5 Å². The van der Waals surface area contributed by atoms with Crippen molar-refractivity contribution in [3.05, 3.63) is 51.3 Å². The molecule has 2 heterocycles. The van der Waals surface area contributed by atoms with E-state index in [1.807, 2.05) is 4.57 Å². The highest BCUT2D eigenvalue weighted by molar-refractivity contribution is 5.93. The number of rotatable bonds is 4. The first kappa shape index (κ1) is 13.0. The fourth-order valence-electron chi connectivity index (χ4n) is 1.77. The summed E-state index contributed by atoms with van der Waals surface area (Å²) in [5.41, 5.74) is -0.973. The Bertz CT molecular complexity index is 710. The van der Waals surface area contributed by atoms with Crippen molar-refractivity contribution in [2.24, 2.45) is 7.05 Å². The second-order valence-corrected chi connectivity index (χ2v) is 4.24. The van der Waals surface area contributed by atoms with Gasteiger partial charge in [0.1, 0.15) is 0 Å². The molecule has 0 bridgehead atoms. The molecule has 0 saturated carbocycles. The average molecular weight is 262 g/mol. The Balaban J connectivity index is 2.38. The highest BCUT2D eigenvalue weighted by Crippen LogP contribution is 1.93. The van der Waals surface area contributed by atoms with Crippen LogP contribution >= 0.6 is 0 Å². The lowest BCUT2D eigenvalue weighted by Gasteiger charge is -2.09. The molecule has 0 unspecified atom stereocenters. The maximum absolute atomic E-state index is 11.9. The van der Waals surface area contributed by atoms with Crippen molar-refractivity contribution >= 4 is 5.78 Å². The van der Waals surface area contributed by atoms with Gasteiger partial charge >= 0.3 is 5.69 Å². The number of aryl methyl sites for hydroxylation is 2. The van der Waals surface area contributed by atoms with Gasteiger partial charge in [-0.25, -0.2) is 9.78 Å². The highest BCUT2D eigenvalue weighted by Gasteiger charge is 2.11. The second-order valence-electron chi connectivity index (χ2n) is 4.24. The molecular formula is C12H14N4O3. The largest absolute Gasteiger partial charge is 0.336 e. The molecule has 0 atom stereocenters. The number of nitrogens with zero attached hydrogens (tertiary/aromatic N) is 4. The minimum Gasteiger partial charge on any atom is -0.336 e. The van der Waals surface area contributed by atoms with Gasteiger partial charge < -0.3 is 4.57 Å². The summed E-state index contributed by atoms with van der Waals surface area (Å²) in [7, 11) is 1.37. The van der Waals surface area contributed by atoms with Gasteiger partial charge in [-0.15, -0.1) is 0 Å². The van der Waals surface area contributed by atoms with Crippen molar-refractivity contribution in [2.75, 3.05) is 0 Å². The molecule has 0 amide bonds. The summed E-state index contributed by atoms with van der Waals surface area (Å²) < 4.78 is 4.12. The van der Waals surface area contributed by atoms with Gasteiger partial charge in [-0.1, -0.05) is 0 Å². The molecule has 0 aromatic carbocycles. The average Bonchev–Trinajstić information content (AvgIpc) is 2.88. The molecule has 19 heavy (non-hydrogen) atoms. The van der Waals surface area contributed by atoms with Gasteiger partial charge in [0.2, 0.25) is 0 Å². The predicted octanol–water partition coefficient (Wildman–Crippen LogP) is -0.354. The van der Waals surface area contributed by atoms with Gasteiger partial charge in [0.05, 0.1) is 11.9 Å². The summed E-state index contributed by atoms with van der Waals surface area (Å²) in [5.74, 6) is -0.350. The van der Waals surface area contributed by atoms with Crippen LogP contribution in [0.3, 0.4) is 0 Å². The zero-order valence-electron chi connectivity index (χ0n) is 10.7. The van der Waals surface area contributed by atoms with E-state index in [1.54, 1.807) is 18.7 Å². The maximum Gasteiger partial charge on any atom is 0.330 e. The zero-order chi connectivity index (χ0) is 14.0. The molecule has 2 rings (SSSR count). The van der Waals surface area contributed by atoms with Crippen LogP contribution in [0.1, 0.15) is 17.3 Å². The lowest BCUT2D eigenvalue weighted by atomic mass is 10.2. The van der Waals surface area contributed by atoms with Gasteiger partial charge in [0, 0.05) is 38.7 Å². The first-order valence-electron chi connectivity index (χ1n) is 5.78. The molecule has 0 aliphatic carbocycles. The van der Waals surface area contributed by atoms with Crippen LogP contribution in [0.5, 0.6) is 0 Å². The van der Waals surface area contributed by atoms with Gasteiger partial charge in [0.25, 0.3) is 5.56 Å². The summed E-state index contributed by atoms with van der Waals surface area (Å²) in [5, 5.41) is 0. The van der Waals surface area contributed by atoms with E-state index in [0.29, 0.717) is 13.1 Å². The van der Waals surface area contributed by atoms with Crippen LogP contribution in [-0.4, -0.2) is 24.5 Å².